The number of nitrogens with zero attached hydrogens (tertiary/aromatic N) is 4. The Hall–Kier alpha value is -1.86. The highest BCUT2D eigenvalue weighted by Crippen LogP contribution is 2.29. The number of aromatic nitrogens is 4. The van der Waals surface area contributed by atoms with Gasteiger partial charge in [0.25, 0.3) is 0 Å². The summed E-state index contributed by atoms with van der Waals surface area (Å²) in [7, 11) is 0. The van der Waals surface area contributed by atoms with Crippen molar-refractivity contribution < 1.29 is 0 Å². The zero-order valence-electron chi connectivity index (χ0n) is 8.46. The van der Waals surface area contributed by atoms with Gasteiger partial charge in [0, 0.05) is 11.3 Å². The SMILES string of the molecule is Nc1ccc(Cl)c(-c2nnc3sc(N)nn23)c1. The smallest absolute Gasteiger partial charge is 0.236 e. The van der Waals surface area contributed by atoms with E-state index in [9.17, 15) is 0 Å². The van der Waals surface area contributed by atoms with Gasteiger partial charge in [-0.3, -0.25) is 0 Å². The van der Waals surface area contributed by atoms with E-state index in [0.29, 0.717) is 32.2 Å². The molecule has 0 aliphatic carbocycles. The highest BCUT2D eigenvalue weighted by molar-refractivity contribution is 7.20. The van der Waals surface area contributed by atoms with Crippen molar-refractivity contribution in [3.63, 3.8) is 0 Å². The summed E-state index contributed by atoms with van der Waals surface area (Å²) in [4.78, 5) is 0.621. The van der Waals surface area contributed by atoms with Gasteiger partial charge in [0.1, 0.15) is 0 Å². The molecule has 0 unspecified atom stereocenters. The van der Waals surface area contributed by atoms with Crippen LogP contribution < -0.4 is 11.5 Å². The zero-order valence-corrected chi connectivity index (χ0v) is 10.0. The number of fused-ring (bicyclic) bond motifs is 1. The largest absolute Gasteiger partial charge is 0.399 e. The zero-order chi connectivity index (χ0) is 12.0. The monoisotopic (exact) mass is 266 g/mol. The molecule has 0 atom stereocenters. The van der Waals surface area contributed by atoms with Crippen LogP contribution in [0, 0.1) is 0 Å². The summed E-state index contributed by atoms with van der Waals surface area (Å²) in [5.41, 5.74) is 12.6. The molecular weight excluding hydrogens is 260 g/mol. The third-order valence-electron chi connectivity index (χ3n) is 2.24. The minimum absolute atomic E-state index is 0.427. The molecule has 0 fully saturated rings. The van der Waals surface area contributed by atoms with Crippen molar-refractivity contribution in [3.8, 4) is 11.4 Å². The van der Waals surface area contributed by atoms with Gasteiger partial charge in [0.05, 0.1) is 5.02 Å². The van der Waals surface area contributed by atoms with Crippen LogP contribution in [0.2, 0.25) is 5.02 Å². The molecule has 0 bridgehead atoms. The van der Waals surface area contributed by atoms with E-state index < -0.39 is 0 Å². The number of halogens is 1. The number of hydrogen-bond acceptors (Lipinski definition) is 6. The standard InChI is InChI=1S/C9H7ClN6S/c10-6-2-1-4(11)3-5(6)7-13-14-9-16(7)15-8(12)17-9/h1-3H,11H2,(H2,12,15). The summed E-state index contributed by atoms with van der Waals surface area (Å²) in [5.74, 6) is 0.533. The Balaban J connectivity index is 2.29. The first-order valence-corrected chi connectivity index (χ1v) is 5.88. The third-order valence-corrected chi connectivity index (χ3v) is 3.30. The number of anilines is 2. The molecule has 3 aromatic rings. The molecule has 0 saturated heterocycles. The van der Waals surface area contributed by atoms with Gasteiger partial charge in [-0.25, -0.2) is 0 Å². The van der Waals surface area contributed by atoms with Crippen molar-refractivity contribution in [3.05, 3.63) is 23.2 Å². The Bertz CT molecular complexity index is 703. The molecule has 0 amide bonds. The fourth-order valence-electron chi connectivity index (χ4n) is 1.51. The van der Waals surface area contributed by atoms with Crippen LogP contribution in [0.1, 0.15) is 0 Å². The summed E-state index contributed by atoms with van der Waals surface area (Å²) in [5, 5.41) is 13.1. The molecule has 0 saturated carbocycles. The van der Waals surface area contributed by atoms with E-state index in [1.54, 1.807) is 22.7 Å². The van der Waals surface area contributed by atoms with E-state index in [0.717, 1.165) is 0 Å². The predicted molar refractivity (Wildman–Crippen MR) is 67.9 cm³/mol. The molecule has 86 valence electrons. The van der Waals surface area contributed by atoms with Crippen molar-refractivity contribution in [1.82, 2.24) is 19.8 Å². The maximum Gasteiger partial charge on any atom is 0.236 e. The molecule has 0 radical (unpaired) electrons. The van der Waals surface area contributed by atoms with Gasteiger partial charge >= 0.3 is 0 Å². The lowest BCUT2D eigenvalue weighted by Crippen LogP contribution is -1.94. The average Bonchev–Trinajstić information content (AvgIpc) is 2.80. The predicted octanol–water partition coefficient (Wildman–Crippen LogP) is 1.67. The number of benzene rings is 1. The van der Waals surface area contributed by atoms with Crippen LogP contribution in [0.4, 0.5) is 10.8 Å². The van der Waals surface area contributed by atoms with Gasteiger partial charge < -0.3 is 11.5 Å². The van der Waals surface area contributed by atoms with Gasteiger partial charge in [-0.2, -0.15) is 4.52 Å². The Morgan fingerprint density at radius 2 is 2.06 bits per heavy atom. The van der Waals surface area contributed by atoms with Crippen LogP contribution in [-0.2, 0) is 0 Å². The van der Waals surface area contributed by atoms with E-state index in [2.05, 4.69) is 15.3 Å². The molecule has 4 N–H and O–H groups in total. The number of nitrogen functional groups attached to an aromatic ring is 2. The molecular formula is C9H7ClN6S. The minimum Gasteiger partial charge on any atom is -0.399 e. The number of hydrogen-bond donors (Lipinski definition) is 2. The van der Waals surface area contributed by atoms with Crippen LogP contribution in [0.15, 0.2) is 18.2 Å². The van der Waals surface area contributed by atoms with Crippen molar-refractivity contribution >= 4 is 38.7 Å². The topological polar surface area (TPSA) is 95.1 Å². The fourth-order valence-corrected chi connectivity index (χ4v) is 2.32. The number of nitrogens with two attached hydrogens (primary N) is 2. The Kier molecular flexibility index (Phi) is 2.17. The second kappa shape index (κ2) is 3.57. The van der Waals surface area contributed by atoms with Gasteiger partial charge in [0.15, 0.2) is 5.82 Å². The average molecular weight is 267 g/mol. The second-order valence-corrected chi connectivity index (χ2v) is 4.79. The fraction of sp³-hybridized carbons (Fsp3) is 0. The van der Waals surface area contributed by atoms with E-state index in [1.807, 2.05) is 0 Å². The van der Waals surface area contributed by atoms with E-state index in [1.165, 1.54) is 11.3 Å². The summed E-state index contributed by atoms with van der Waals surface area (Å²) < 4.78 is 1.56. The first-order chi connectivity index (χ1) is 8.15. The van der Waals surface area contributed by atoms with Crippen molar-refractivity contribution in [2.75, 3.05) is 11.5 Å². The lowest BCUT2D eigenvalue weighted by atomic mass is 10.2. The van der Waals surface area contributed by atoms with Crippen LogP contribution in [-0.4, -0.2) is 19.8 Å². The quantitative estimate of drug-likeness (QED) is 0.653. The molecule has 0 aliphatic rings. The lowest BCUT2D eigenvalue weighted by Gasteiger charge is -2.01. The Labute approximate surface area is 105 Å². The van der Waals surface area contributed by atoms with Crippen LogP contribution in [0.3, 0.4) is 0 Å². The summed E-state index contributed by atoms with van der Waals surface area (Å²) in [6.45, 7) is 0. The third kappa shape index (κ3) is 1.60. The molecule has 0 spiro atoms. The minimum atomic E-state index is 0.427. The van der Waals surface area contributed by atoms with Crippen molar-refractivity contribution in [2.45, 2.75) is 0 Å². The van der Waals surface area contributed by atoms with Crippen LogP contribution in [0.25, 0.3) is 16.3 Å². The second-order valence-electron chi connectivity index (χ2n) is 3.40. The lowest BCUT2D eigenvalue weighted by molar-refractivity contribution is 0.973. The molecule has 8 heteroatoms. The molecule has 2 aromatic heterocycles. The summed E-state index contributed by atoms with van der Waals surface area (Å²) in [6.07, 6.45) is 0. The van der Waals surface area contributed by atoms with Crippen molar-refractivity contribution in [1.29, 1.82) is 0 Å². The first-order valence-electron chi connectivity index (χ1n) is 4.68. The van der Waals surface area contributed by atoms with Crippen LogP contribution >= 0.6 is 22.9 Å². The number of rotatable bonds is 1. The molecule has 2 heterocycles. The summed E-state index contributed by atoms with van der Waals surface area (Å²) in [6, 6.07) is 5.16. The van der Waals surface area contributed by atoms with E-state index in [4.69, 9.17) is 23.1 Å². The van der Waals surface area contributed by atoms with Gasteiger partial charge in [-0.15, -0.1) is 15.3 Å². The Morgan fingerprint density at radius 1 is 1.24 bits per heavy atom. The van der Waals surface area contributed by atoms with Gasteiger partial charge in [-0.1, -0.05) is 22.9 Å². The first kappa shape index (κ1) is 10.3. The van der Waals surface area contributed by atoms with Gasteiger partial charge in [0.2, 0.25) is 10.1 Å². The molecule has 0 aliphatic heterocycles. The Morgan fingerprint density at radius 3 is 2.88 bits per heavy atom. The van der Waals surface area contributed by atoms with E-state index in [-0.39, 0.29) is 0 Å². The maximum absolute atomic E-state index is 6.10. The maximum atomic E-state index is 6.10. The highest BCUT2D eigenvalue weighted by Gasteiger charge is 2.14. The molecule has 3 rings (SSSR count). The van der Waals surface area contributed by atoms with E-state index >= 15 is 0 Å². The molecule has 17 heavy (non-hydrogen) atoms. The van der Waals surface area contributed by atoms with Crippen molar-refractivity contribution in [2.24, 2.45) is 0 Å². The summed E-state index contributed by atoms with van der Waals surface area (Å²) >= 11 is 7.36. The highest BCUT2D eigenvalue weighted by atomic mass is 35.5. The van der Waals surface area contributed by atoms with Crippen LogP contribution in [0.5, 0.6) is 0 Å². The molecule has 6 nitrogen and oxygen atoms in total. The molecule has 1 aromatic carbocycles. The van der Waals surface area contributed by atoms with Gasteiger partial charge in [-0.05, 0) is 18.2 Å². The normalized spacial score (nSPS) is 11.1.